The van der Waals surface area contributed by atoms with Gasteiger partial charge in [-0.15, -0.1) is 11.6 Å². The highest BCUT2D eigenvalue weighted by Gasteiger charge is 2.19. The molecule has 0 unspecified atom stereocenters. The van der Waals surface area contributed by atoms with Gasteiger partial charge in [0.1, 0.15) is 0 Å². The van der Waals surface area contributed by atoms with Crippen molar-refractivity contribution in [3.63, 3.8) is 0 Å². The highest BCUT2D eigenvalue weighted by Crippen LogP contribution is 2.08. The van der Waals surface area contributed by atoms with E-state index in [1.54, 1.807) is 12.3 Å². The molecule has 2 rings (SSSR count). The van der Waals surface area contributed by atoms with Crippen LogP contribution in [0.2, 0.25) is 0 Å². The SMILES string of the molecule is O=C(c1ccnnc1)N1CCCN(CCCl)CC1. The Hall–Kier alpha value is -1.20. The molecule has 18 heavy (non-hydrogen) atoms. The van der Waals surface area contributed by atoms with Gasteiger partial charge in [-0.1, -0.05) is 0 Å². The smallest absolute Gasteiger partial charge is 0.255 e. The van der Waals surface area contributed by atoms with E-state index in [9.17, 15) is 4.79 Å². The molecular formula is C12H17ClN4O. The minimum absolute atomic E-state index is 0.0395. The van der Waals surface area contributed by atoms with E-state index in [2.05, 4.69) is 15.1 Å². The first-order valence-electron chi connectivity index (χ1n) is 6.15. The highest BCUT2D eigenvalue weighted by molar-refractivity contribution is 6.18. The molecule has 6 heteroatoms. The summed E-state index contributed by atoms with van der Waals surface area (Å²) in [4.78, 5) is 16.4. The normalized spacial score (nSPS) is 17.5. The maximum absolute atomic E-state index is 12.2. The second-order valence-electron chi connectivity index (χ2n) is 4.31. The van der Waals surface area contributed by atoms with Crippen molar-refractivity contribution in [3.05, 3.63) is 24.0 Å². The summed E-state index contributed by atoms with van der Waals surface area (Å²) in [6.07, 6.45) is 4.05. The molecule has 0 aliphatic carbocycles. The predicted octanol–water partition coefficient (Wildman–Crippen LogP) is 0.863. The van der Waals surface area contributed by atoms with Gasteiger partial charge < -0.3 is 9.80 Å². The summed E-state index contributed by atoms with van der Waals surface area (Å²) in [5.41, 5.74) is 0.607. The number of carbonyl (C=O) groups is 1. The third-order valence-electron chi connectivity index (χ3n) is 3.11. The van der Waals surface area contributed by atoms with Gasteiger partial charge in [-0.2, -0.15) is 10.2 Å². The number of amides is 1. The zero-order valence-corrected chi connectivity index (χ0v) is 11.0. The Morgan fingerprint density at radius 1 is 1.28 bits per heavy atom. The second kappa shape index (κ2) is 6.66. The molecule has 1 aliphatic heterocycles. The maximum atomic E-state index is 12.2. The summed E-state index contributed by atoms with van der Waals surface area (Å²) in [7, 11) is 0. The Morgan fingerprint density at radius 3 is 2.89 bits per heavy atom. The van der Waals surface area contributed by atoms with Crippen molar-refractivity contribution in [2.45, 2.75) is 6.42 Å². The molecule has 0 aromatic carbocycles. The Bertz CT molecular complexity index is 387. The Morgan fingerprint density at radius 2 is 2.17 bits per heavy atom. The lowest BCUT2D eigenvalue weighted by atomic mass is 10.2. The van der Waals surface area contributed by atoms with Crippen LogP contribution in [0.4, 0.5) is 0 Å². The summed E-state index contributed by atoms with van der Waals surface area (Å²) in [5.74, 6) is 0.681. The van der Waals surface area contributed by atoms with Crippen molar-refractivity contribution in [1.29, 1.82) is 0 Å². The molecule has 0 N–H and O–H groups in total. The Balaban J connectivity index is 1.96. The fourth-order valence-corrected chi connectivity index (χ4v) is 2.36. The van der Waals surface area contributed by atoms with Crippen molar-refractivity contribution in [2.75, 3.05) is 38.6 Å². The molecular weight excluding hydrogens is 252 g/mol. The predicted molar refractivity (Wildman–Crippen MR) is 69.7 cm³/mol. The fourth-order valence-electron chi connectivity index (χ4n) is 2.12. The number of aromatic nitrogens is 2. The molecule has 1 aliphatic rings. The number of hydrogen-bond donors (Lipinski definition) is 0. The van der Waals surface area contributed by atoms with E-state index in [4.69, 9.17) is 11.6 Å². The van der Waals surface area contributed by atoms with Crippen LogP contribution >= 0.6 is 11.6 Å². The van der Waals surface area contributed by atoms with Gasteiger partial charge in [0.2, 0.25) is 0 Å². The van der Waals surface area contributed by atoms with E-state index >= 15 is 0 Å². The number of halogens is 1. The van der Waals surface area contributed by atoms with Crippen molar-refractivity contribution in [3.8, 4) is 0 Å². The van der Waals surface area contributed by atoms with Gasteiger partial charge in [-0.25, -0.2) is 0 Å². The lowest BCUT2D eigenvalue weighted by Gasteiger charge is -2.21. The summed E-state index contributed by atoms with van der Waals surface area (Å²) in [6, 6.07) is 1.71. The summed E-state index contributed by atoms with van der Waals surface area (Å²) in [5, 5.41) is 7.43. The van der Waals surface area contributed by atoms with Crippen molar-refractivity contribution in [2.24, 2.45) is 0 Å². The Kier molecular flexibility index (Phi) is 4.90. The van der Waals surface area contributed by atoms with E-state index in [-0.39, 0.29) is 5.91 Å². The summed E-state index contributed by atoms with van der Waals surface area (Å²) >= 11 is 5.75. The molecule has 0 radical (unpaired) electrons. The van der Waals surface area contributed by atoms with Crippen LogP contribution in [-0.4, -0.2) is 64.5 Å². The van der Waals surface area contributed by atoms with E-state index in [0.29, 0.717) is 11.4 Å². The van der Waals surface area contributed by atoms with Crippen molar-refractivity contribution >= 4 is 17.5 Å². The van der Waals surface area contributed by atoms with Crippen LogP contribution in [0.25, 0.3) is 0 Å². The number of alkyl halides is 1. The molecule has 0 atom stereocenters. The van der Waals surface area contributed by atoms with E-state index in [1.165, 1.54) is 6.20 Å². The third kappa shape index (κ3) is 3.40. The minimum Gasteiger partial charge on any atom is -0.337 e. The number of nitrogens with zero attached hydrogens (tertiary/aromatic N) is 4. The first-order valence-corrected chi connectivity index (χ1v) is 6.69. The molecule has 98 valence electrons. The average molecular weight is 269 g/mol. The van der Waals surface area contributed by atoms with Crippen LogP contribution in [0, 0.1) is 0 Å². The molecule has 0 bridgehead atoms. The number of rotatable bonds is 3. The van der Waals surface area contributed by atoms with E-state index in [0.717, 1.165) is 39.1 Å². The van der Waals surface area contributed by atoms with Crippen LogP contribution in [-0.2, 0) is 0 Å². The standard InChI is InChI=1S/C12H17ClN4O/c13-3-7-16-5-1-6-17(9-8-16)12(18)11-2-4-14-15-10-11/h2,4,10H,1,3,5-9H2. The third-order valence-corrected chi connectivity index (χ3v) is 3.28. The quantitative estimate of drug-likeness (QED) is 0.763. The van der Waals surface area contributed by atoms with Gasteiger partial charge in [0.15, 0.2) is 0 Å². The van der Waals surface area contributed by atoms with Crippen LogP contribution in [0.3, 0.4) is 0 Å². The van der Waals surface area contributed by atoms with Crippen molar-refractivity contribution in [1.82, 2.24) is 20.0 Å². The molecule has 5 nitrogen and oxygen atoms in total. The van der Waals surface area contributed by atoms with Gasteiger partial charge in [0, 0.05) is 32.1 Å². The zero-order chi connectivity index (χ0) is 12.8. The summed E-state index contributed by atoms with van der Waals surface area (Å²) in [6.45, 7) is 4.32. The molecule has 1 aromatic heterocycles. The lowest BCUT2D eigenvalue weighted by molar-refractivity contribution is 0.0761. The topological polar surface area (TPSA) is 49.3 Å². The van der Waals surface area contributed by atoms with E-state index < -0.39 is 0 Å². The molecule has 1 fully saturated rings. The molecule has 1 aromatic rings. The van der Waals surface area contributed by atoms with E-state index in [1.807, 2.05) is 4.90 Å². The number of hydrogen-bond acceptors (Lipinski definition) is 4. The van der Waals surface area contributed by atoms with Gasteiger partial charge in [-0.3, -0.25) is 4.79 Å². The summed E-state index contributed by atoms with van der Waals surface area (Å²) < 4.78 is 0. The molecule has 0 saturated carbocycles. The maximum Gasteiger partial charge on any atom is 0.255 e. The highest BCUT2D eigenvalue weighted by atomic mass is 35.5. The van der Waals surface area contributed by atoms with Gasteiger partial charge in [0.25, 0.3) is 5.91 Å². The van der Waals surface area contributed by atoms with Crippen molar-refractivity contribution < 1.29 is 4.79 Å². The largest absolute Gasteiger partial charge is 0.337 e. The first-order chi connectivity index (χ1) is 8.81. The van der Waals surface area contributed by atoms with Gasteiger partial charge in [-0.05, 0) is 19.0 Å². The molecule has 2 heterocycles. The molecule has 1 saturated heterocycles. The van der Waals surface area contributed by atoms with Crippen LogP contribution < -0.4 is 0 Å². The second-order valence-corrected chi connectivity index (χ2v) is 4.69. The van der Waals surface area contributed by atoms with Crippen LogP contribution in [0.1, 0.15) is 16.8 Å². The van der Waals surface area contributed by atoms with Gasteiger partial charge >= 0.3 is 0 Å². The monoisotopic (exact) mass is 268 g/mol. The van der Waals surface area contributed by atoms with Gasteiger partial charge in [0.05, 0.1) is 18.0 Å². The first kappa shape index (κ1) is 13.2. The van der Waals surface area contributed by atoms with Crippen LogP contribution in [0.15, 0.2) is 18.5 Å². The minimum atomic E-state index is 0.0395. The molecule has 0 spiro atoms. The zero-order valence-electron chi connectivity index (χ0n) is 10.3. The van der Waals surface area contributed by atoms with Crippen LogP contribution in [0.5, 0.6) is 0 Å². The average Bonchev–Trinajstić information content (AvgIpc) is 2.65. The number of carbonyl (C=O) groups excluding carboxylic acids is 1. The Labute approximate surface area is 112 Å². The lowest BCUT2D eigenvalue weighted by Crippen LogP contribution is -2.35. The fraction of sp³-hybridized carbons (Fsp3) is 0.583. The molecule has 1 amide bonds.